The topological polar surface area (TPSA) is 59.5 Å². The minimum Gasteiger partial charge on any atom is -0.449 e. The molecule has 0 N–H and O–H groups in total. The molecule has 25 heavy (non-hydrogen) atoms. The van der Waals surface area contributed by atoms with Crippen molar-refractivity contribution in [2.45, 2.75) is 32.4 Å². The number of pyridine rings is 1. The van der Waals surface area contributed by atoms with Gasteiger partial charge < -0.3 is 9.64 Å². The number of para-hydroxylation sites is 1. The molecule has 7 heteroatoms. The zero-order chi connectivity index (χ0) is 18.1. The van der Waals surface area contributed by atoms with Crippen molar-refractivity contribution in [3.63, 3.8) is 0 Å². The van der Waals surface area contributed by atoms with Gasteiger partial charge in [0.1, 0.15) is 5.15 Å². The molecule has 1 aromatic heterocycles. The molecule has 0 spiro atoms. The summed E-state index contributed by atoms with van der Waals surface area (Å²) >= 11 is 11.6. The standard InChI is InChI=1S/C18H16Cl2N2O3/c1-10-7-12-5-3-4-6-15(12)22(10)17(23)11(2)25-18(24)13-8-14(19)16(20)21-9-13/h3-6,8-11H,7H2,1-2H3/t10-,11-/m1/s1. The zero-order valence-electron chi connectivity index (χ0n) is 13.7. The van der Waals surface area contributed by atoms with E-state index in [9.17, 15) is 9.59 Å². The van der Waals surface area contributed by atoms with Crippen LogP contribution in [0.15, 0.2) is 36.5 Å². The Labute approximate surface area is 155 Å². The number of hydrogen-bond donors (Lipinski definition) is 0. The fraction of sp³-hybridized carbons (Fsp3) is 0.278. The summed E-state index contributed by atoms with van der Waals surface area (Å²) in [5.41, 5.74) is 2.11. The maximum atomic E-state index is 12.8. The van der Waals surface area contributed by atoms with Gasteiger partial charge in [-0.2, -0.15) is 0 Å². The number of amides is 1. The fourth-order valence-corrected chi connectivity index (χ4v) is 3.18. The number of carbonyl (C=O) groups is 2. The number of halogens is 2. The van der Waals surface area contributed by atoms with E-state index < -0.39 is 12.1 Å². The van der Waals surface area contributed by atoms with E-state index in [2.05, 4.69) is 4.98 Å². The molecular formula is C18H16Cl2N2O3. The molecule has 0 radical (unpaired) electrons. The van der Waals surface area contributed by atoms with Gasteiger partial charge in [0.05, 0.1) is 10.6 Å². The molecule has 0 aliphatic carbocycles. The maximum absolute atomic E-state index is 12.8. The predicted octanol–water partition coefficient (Wildman–Crippen LogP) is 3.91. The van der Waals surface area contributed by atoms with E-state index >= 15 is 0 Å². The Morgan fingerprint density at radius 3 is 2.76 bits per heavy atom. The van der Waals surface area contributed by atoms with Crippen molar-refractivity contribution in [2.24, 2.45) is 0 Å². The summed E-state index contributed by atoms with van der Waals surface area (Å²) in [7, 11) is 0. The molecule has 0 saturated carbocycles. The number of carbonyl (C=O) groups excluding carboxylic acids is 2. The lowest BCUT2D eigenvalue weighted by Gasteiger charge is -2.25. The Balaban J connectivity index is 1.75. The van der Waals surface area contributed by atoms with Gasteiger partial charge in [0.2, 0.25) is 0 Å². The SMILES string of the molecule is C[C@@H]1Cc2ccccc2N1C(=O)[C@@H](C)OC(=O)c1cnc(Cl)c(Cl)c1. The monoisotopic (exact) mass is 378 g/mol. The summed E-state index contributed by atoms with van der Waals surface area (Å²) in [6.07, 6.45) is 1.11. The van der Waals surface area contributed by atoms with Crippen molar-refractivity contribution in [2.75, 3.05) is 4.90 Å². The highest BCUT2D eigenvalue weighted by molar-refractivity contribution is 6.41. The van der Waals surface area contributed by atoms with Gasteiger partial charge in [-0.05, 0) is 38.0 Å². The van der Waals surface area contributed by atoms with E-state index in [1.807, 2.05) is 31.2 Å². The highest BCUT2D eigenvalue weighted by Crippen LogP contribution is 2.32. The average molecular weight is 379 g/mol. The van der Waals surface area contributed by atoms with Crippen LogP contribution in [0.5, 0.6) is 0 Å². The van der Waals surface area contributed by atoms with E-state index in [0.29, 0.717) is 0 Å². The first-order valence-corrected chi connectivity index (χ1v) is 8.57. The van der Waals surface area contributed by atoms with E-state index in [4.69, 9.17) is 27.9 Å². The number of fused-ring (bicyclic) bond motifs is 1. The molecule has 1 amide bonds. The van der Waals surface area contributed by atoms with Crippen LogP contribution in [-0.4, -0.2) is 29.0 Å². The van der Waals surface area contributed by atoms with E-state index in [0.717, 1.165) is 17.7 Å². The third-order valence-electron chi connectivity index (χ3n) is 4.11. The minimum absolute atomic E-state index is 0.0118. The Kier molecular flexibility index (Phi) is 4.97. The molecule has 0 bridgehead atoms. The lowest BCUT2D eigenvalue weighted by molar-refractivity contribution is -0.126. The smallest absolute Gasteiger partial charge is 0.340 e. The van der Waals surface area contributed by atoms with Crippen molar-refractivity contribution in [3.05, 3.63) is 57.8 Å². The number of hydrogen-bond acceptors (Lipinski definition) is 4. The lowest BCUT2D eigenvalue weighted by Crippen LogP contribution is -2.43. The summed E-state index contributed by atoms with van der Waals surface area (Å²) in [6, 6.07) is 9.10. The Bertz CT molecular complexity index is 841. The quantitative estimate of drug-likeness (QED) is 0.599. The summed E-state index contributed by atoms with van der Waals surface area (Å²) in [5.74, 6) is -0.939. The van der Waals surface area contributed by atoms with Crippen molar-refractivity contribution in [1.82, 2.24) is 4.98 Å². The molecule has 2 aromatic rings. The number of benzene rings is 1. The van der Waals surface area contributed by atoms with Crippen LogP contribution in [0.3, 0.4) is 0 Å². The second kappa shape index (κ2) is 7.02. The number of ether oxygens (including phenoxy) is 1. The van der Waals surface area contributed by atoms with Crippen LogP contribution in [-0.2, 0) is 16.0 Å². The van der Waals surface area contributed by atoms with Gasteiger partial charge >= 0.3 is 5.97 Å². The van der Waals surface area contributed by atoms with E-state index in [1.54, 1.807) is 11.8 Å². The van der Waals surface area contributed by atoms with Crippen LogP contribution >= 0.6 is 23.2 Å². The number of esters is 1. The molecule has 1 aliphatic heterocycles. The third-order valence-corrected chi connectivity index (χ3v) is 4.79. The van der Waals surface area contributed by atoms with Crippen molar-refractivity contribution in [1.29, 1.82) is 0 Å². The Hall–Kier alpha value is -2.11. The Morgan fingerprint density at radius 2 is 2.04 bits per heavy atom. The van der Waals surface area contributed by atoms with Crippen LogP contribution in [0.1, 0.15) is 29.8 Å². The number of nitrogens with zero attached hydrogens (tertiary/aromatic N) is 2. The number of rotatable bonds is 3. The summed E-state index contributed by atoms with van der Waals surface area (Å²) < 4.78 is 5.30. The van der Waals surface area contributed by atoms with Gasteiger partial charge in [0.25, 0.3) is 5.91 Å². The van der Waals surface area contributed by atoms with Gasteiger partial charge in [-0.25, -0.2) is 9.78 Å². The molecule has 130 valence electrons. The first kappa shape index (κ1) is 17.7. The molecule has 0 fully saturated rings. The van der Waals surface area contributed by atoms with Gasteiger partial charge in [0.15, 0.2) is 6.10 Å². The molecule has 0 saturated heterocycles. The van der Waals surface area contributed by atoms with Gasteiger partial charge in [0, 0.05) is 17.9 Å². The van der Waals surface area contributed by atoms with E-state index in [-0.39, 0.29) is 27.7 Å². The van der Waals surface area contributed by atoms with Crippen LogP contribution in [0.25, 0.3) is 0 Å². The Morgan fingerprint density at radius 1 is 1.32 bits per heavy atom. The largest absolute Gasteiger partial charge is 0.449 e. The number of aromatic nitrogens is 1. The highest BCUT2D eigenvalue weighted by atomic mass is 35.5. The summed E-state index contributed by atoms with van der Waals surface area (Å²) in [5, 5.41) is 0.252. The van der Waals surface area contributed by atoms with Crippen LogP contribution in [0.4, 0.5) is 5.69 Å². The average Bonchev–Trinajstić information content (AvgIpc) is 2.92. The second-order valence-corrected chi connectivity index (χ2v) is 6.70. The van der Waals surface area contributed by atoms with Crippen LogP contribution in [0, 0.1) is 0 Å². The molecular weight excluding hydrogens is 363 g/mol. The summed E-state index contributed by atoms with van der Waals surface area (Å²) in [4.78, 5) is 30.5. The fourth-order valence-electron chi connectivity index (χ4n) is 2.91. The molecule has 2 atom stereocenters. The van der Waals surface area contributed by atoms with Crippen molar-refractivity contribution >= 4 is 40.8 Å². The highest BCUT2D eigenvalue weighted by Gasteiger charge is 2.34. The molecule has 0 unspecified atom stereocenters. The summed E-state index contributed by atoms with van der Waals surface area (Å²) in [6.45, 7) is 3.52. The zero-order valence-corrected chi connectivity index (χ0v) is 15.2. The first-order valence-electron chi connectivity index (χ1n) is 7.81. The molecule has 2 heterocycles. The second-order valence-electron chi connectivity index (χ2n) is 5.93. The van der Waals surface area contributed by atoms with Crippen LogP contribution < -0.4 is 4.90 Å². The molecule has 1 aliphatic rings. The molecule has 3 rings (SSSR count). The maximum Gasteiger partial charge on any atom is 0.340 e. The van der Waals surface area contributed by atoms with Gasteiger partial charge in [-0.3, -0.25) is 4.79 Å². The number of anilines is 1. The van der Waals surface area contributed by atoms with E-state index in [1.165, 1.54) is 12.3 Å². The van der Waals surface area contributed by atoms with Crippen molar-refractivity contribution in [3.8, 4) is 0 Å². The first-order chi connectivity index (χ1) is 11.9. The molecule has 5 nitrogen and oxygen atoms in total. The lowest BCUT2D eigenvalue weighted by atomic mass is 10.1. The van der Waals surface area contributed by atoms with Gasteiger partial charge in [-0.15, -0.1) is 0 Å². The van der Waals surface area contributed by atoms with Crippen LogP contribution in [0.2, 0.25) is 10.2 Å². The minimum atomic E-state index is -0.935. The third kappa shape index (κ3) is 3.48. The molecule has 1 aromatic carbocycles. The van der Waals surface area contributed by atoms with Gasteiger partial charge in [-0.1, -0.05) is 41.4 Å². The van der Waals surface area contributed by atoms with Crippen molar-refractivity contribution < 1.29 is 14.3 Å². The predicted molar refractivity (Wildman–Crippen MR) is 96.2 cm³/mol. The normalized spacial score (nSPS) is 17.1.